The molecule has 0 unspecified atom stereocenters. The molecule has 5 nitrogen and oxygen atoms in total. The number of benzene rings is 1. The van der Waals surface area contributed by atoms with Gasteiger partial charge in [-0.1, -0.05) is 0 Å². The van der Waals surface area contributed by atoms with Crippen molar-refractivity contribution in [3.8, 4) is 0 Å². The van der Waals surface area contributed by atoms with E-state index >= 15 is 0 Å². The van der Waals surface area contributed by atoms with Gasteiger partial charge in [-0.15, -0.1) is 0 Å². The molecule has 0 bridgehead atoms. The zero-order valence-electron chi connectivity index (χ0n) is 9.91. The van der Waals surface area contributed by atoms with Gasteiger partial charge in [-0.2, -0.15) is 13.1 Å². The maximum Gasteiger partial charge on any atom is 0.299 e. The molecule has 0 saturated heterocycles. The fourth-order valence-electron chi connectivity index (χ4n) is 1.17. The smallest absolute Gasteiger partial charge is 0.299 e. The zero-order chi connectivity index (χ0) is 13.3. The third-order valence-electron chi connectivity index (χ3n) is 1.69. The van der Waals surface area contributed by atoms with E-state index < -0.39 is 21.6 Å². The third-order valence-corrected chi connectivity index (χ3v) is 3.08. The highest BCUT2D eigenvalue weighted by Gasteiger charge is 2.19. The number of nitrogens with one attached hydrogen (secondary N) is 2. The predicted molar refractivity (Wildman–Crippen MR) is 66.2 cm³/mol. The predicted octanol–water partition coefficient (Wildman–Crippen LogP) is 1.45. The van der Waals surface area contributed by atoms with E-state index in [1.807, 2.05) is 0 Å². The van der Waals surface area contributed by atoms with Crippen molar-refractivity contribution < 1.29 is 12.8 Å². The van der Waals surface area contributed by atoms with Crippen molar-refractivity contribution in [3.05, 3.63) is 24.0 Å². The first-order valence-corrected chi connectivity index (χ1v) is 6.44. The molecule has 0 heterocycles. The number of nitrogen functional groups attached to an aromatic ring is 1. The van der Waals surface area contributed by atoms with Crippen LogP contribution in [0.5, 0.6) is 0 Å². The Hall–Kier alpha value is -1.34. The fourth-order valence-corrected chi connectivity index (χ4v) is 2.47. The third kappa shape index (κ3) is 4.58. The van der Waals surface area contributed by atoms with E-state index in [4.69, 9.17) is 5.73 Å². The van der Waals surface area contributed by atoms with Crippen molar-refractivity contribution in [1.82, 2.24) is 4.72 Å². The molecule has 0 saturated carbocycles. The van der Waals surface area contributed by atoms with Crippen molar-refractivity contribution in [2.24, 2.45) is 0 Å². The van der Waals surface area contributed by atoms with Crippen LogP contribution in [0.2, 0.25) is 0 Å². The summed E-state index contributed by atoms with van der Waals surface area (Å²) in [6.45, 7) is 5.11. The summed E-state index contributed by atoms with van der Waals surface area (Å²) < 4.78 is 41.0. The molecule has 0 spiro atoms. The molecule has 0 radical (unpaired) electrons. The summed E-state index contributed by atoms with van der Waals surface area (Å²) in [7, 11) is -3.73. The van der Waals surface area contributed by atoms with E-state index in [1.54, 1.807) is 20.8 Å². The number of nitrogens with two attached hydrogens (primary N) is 1. The van der Waals surface area contributed by atoms with E-state index in [-0.39, 0.29) is 11.4 Å². The minimum Gasteiger partial charge on any atom is -0.396 e. The van der Waals surface area contributed by atoms with E-state index in [0.29, 0.717) is 0 Å². The summed E-state index contributed by atoms with van der Waals surface area (Å²) in [4.78, 5) is 0. The van der Waals surface area contributed by atoms with Gasteiger partial charge < -0.3 is 5.73 Å². The molecule has 0 fully saturated rings. The first-order valence-electron chi connectivity index (χ1n) is 4.96. The number of halogens is 1. The molecule has 0 amide bonds. The molecule has 1 rings (SSSR count). The van der Waals surface area contributed by atoms with Gasteiger partial charge in [-0.05, 0) is 32.9 Å². The normalized spacial score (nSPS) is 12.5. The zero-order valence-corrected chi connectivity index (χ0v) is 10.7. The average molecular weight is 261 g/mol. The molecular weight excluding hydrogens is 245 g/mol. The molecule has 0 aliphatic heterocycles. The minimum absolute atomic E-state index is 0.0308. The van der Waals surface area contributed by atoms with Crippen LogP contribution < -0.4 is 15.2 Å². The Balaban J connectivity index is 2.87. The molecule has 96 valence electrons. The van der Waals surface area contributed by atoms with Crippen molar-refractivity contribution in [3.63, 3.8) is 0 Å². The van der Waals surface area contributed by atoms with Crippen LogP contribution in [0.15, 0.2) is 18.2 Å². The van der Waals surface area contributed by atoms with Crippen LogP contribution >= 0.6 is 0 Å². The van der Waals surface area contributed by atoms with E-state index in [0.717, 1.165) is 6.07 Å². The lowest BCUT2D eigenvalue weighted by molar-refractivity contribution is 0.494. The van der Waals surface area contributed by atoms with Gasteiger partial charge in [0.05, 0.1) is 11.4 Å². The molecule has 0 aromatic heterocycles. The summed E-state index contributed by atoms with van der Waals surface area (Å²) >= 11 is 0. The van der Waals surface area contributed by atoms with Crippen molar-refractivity contribution in [2.45, 2.75) is 26.3 Å². The minimum atomic E-state index is -3.73. The highest BCUT2D eigenvalue weighted by Crippen LogP contribution is 2.17. The van der Waals surface area contributed by atoms with Crippen molar-refractivity contribution in [2.75, 3.05) is 10.5 Å². The molecule has 7 heteroatoms. The van der Waals surface area contributed by atoms with Crippen LogP contribution in [0.4, 0.5) is 15.8 Å². The summed E-state index contributed by atoms with van der Waals surface area (Å²) in [6, 6.07) is 3.71. The van der Waals surface area contributed by atoms with Gasteiger partial charge in [0.15, 0.2) is 0 Å². The maximum atomic E-state index is 13.1. The Labute approximate surface area is 100 Å². The van der Waals surface area contributed by atoms with Gasteiger partial charge in [0, 0.05) is 11.6 Å². The second-order valence-corrected chi connectivity index (χ2v) is 6.11. The van der Waals surface area contributed by atoms with E-state index in [2.05, 4.69) is 9.44 Å². The number of hydrogen-bond acceptors (Lipinski definition) is 3. The Kier molecular flexibility index (Phi) is 3.63. The molecule has 4 N–H and O–H groups in total. The van der Waals surface area contributed by atoms with Gasteiger partial charge in [0.25, 0.3) is 10.2 Å². The summed E-state index contributed by atoms with van der Waals surface area (Å²) in [5.74, 6) is -0.666. The van der Waals surface area contributed by atoms with Gasteiger partial charge in [0.1, 0.15) is 5.82 Å². The molecule has 1 aromatic rings. The second-order valence-electron chi connectivity index (χ2n) is 4.69. The van der Waals surface area contributed by atoms with E-state index in [1.165, 1.54) is 12.1 Å². The summed E-state index contributed by atoms with van der Waals surface area (Å²) in [5.41, 5.74) is 4.76. The van der Waals surface area contributed by atoms with Crippen LogP contribution in [-0.2, 0) is 10.2 Å². The molecule has 17 heavy (non-hydrogen) atoms. The van der Waals surface area contributed by atoms with Gasteiger partial charge in [-0.3, -0.25) is 4.72 Å². The molecule has 1 aromatic carbocycles. The standard InChI is InChI=1S/C10H16FN3O2S/c1-10(2,3)14-17(15,16)13-7-4-5-9(12)8(11)6-7/h4-6,13-14H,12H2,1-3H3. The quantitative estimate of drug-likeness (QED) is 0.720. The van der Waals surface area contributed by atoms with Crippen LogP contribution in [0.1, 0.15) is 20.8 Å². The number of rotatable bonds is 3. The van der Waals surface area contributed by atoms with Gasteiger partial charge in [0.2, 0.25) is 0 Å². The number of anilines is 2. The Morgan fingerprint density at radius 2 is 1.88 bits per heavy atom. The maximum absolute atomic E-state index is 13.1. The highest BCUT2D eigenvalue weighted by atomic mass is 32.2. The Morgan fingerprint density at radius 1 is 1.29 bits per heavy atom. The molecule has 0 atom stereocenters. The van der Waals surface area contributed by atoms with Crippen LogP contribution in [0.25, 0.3) is 0 Å². The van der Waals surface area contributed by atoms with Crippen LogP contribution in [-0.4, -0.2) is 14.0 Å². The summed E-state index contributed by atoms with van der Waals surface area (Å²) in [6.07, 6.45) is 0. The monoisotopic (exact) mass is 261 g/mol. The SMILES string of the molecule is CC(C)(C)NS(=O)(=O)Nc1ccc(N)c(F)c1. The Bertz CT molecular complexity index is 509. The molecular formula is C10H16FN3O2S. The Morgan fingerprint density at radius 3 is 2.35 bits per heavy atom. The van der Waals surface area contributed by atoms with Crippen molar-refractivity contribution >= 4 is 21.6 Å². The first-order chi connectivity index (χ1) is 7.59. The lowest BCUT2D eigenvalue weighted by atomic mass is 10.1. The molecule has 0 aliphatic rings. The second kappa shape index (κ2) is 4.50. The lowest BCUT2D eigenvalue weighted by Gasteiger charge is -2.20. The van der Waals surface area contributed by atoms with Gasteiger partial charge >= 0.3 is 0 Å². The van der Waals surface area contributed by atoms with Crippen LogP contribution in [0, 0.1) is 5.82 Å². The van der Waals surface area contributed by atoms with Crippen molar-refractivity contribution in [1.29, 1.82) is 0 Å². The largest absolute Gasteiger partial charge is 0.396 e. The fraction of sp³-hybridized carbons (Fsp3) is 0.400. The van der Waals surface area contributed by atoms with Gasteiger partial charge in [-0.25, -0.2) is 4.39 Å². The van der Waals surface area contributed by atoms with Crippen LogP contribution in [0.3, 0.4) is 0 Å². The molecule has 0 aliphatic carbocycles. The highest BCUT2D eigenvalue weighted by molar-refractivity contribution is 7.90. The topological polar surface area (TPSA) is 84.2 Å². The lowest BCUT2D eigenvalue weighted by Crippen LogP contribution is -2.43. The number of hydrogen-bond donors (Lipinski definition) is 3. The average Bonchev–Trinajstić information content (AvgIpc) is 2.06. The van der Waals surface area contributed by atoms with E-state index in [9.17, 15) is 12.8 Å². The first kappa shape index (κ1) is 13.7. The summed E-state index contributed by atoms with van der Waals surface area (Å²) in [5, 5.41) is 0.